The van der Waals surface area contributed by atoms with E-state index in [2.05, 4.69) is 5.32 Å². The summed E-state index contributed by atoms with van der Waals surface area (Å²) in [6.45, 7) is 4.30. The molecule has 1 aromatic rings. The van der Waals surface area contributed by atoms with Gasteiger partial charge in [0.2, 0.25) is 0 Å². The molecule has 2 rings (SSSR count). The predicted molar refractivity (Wildman–Crippen MR) is 94.6 cm³/mol. The highest BCUT2D eigenvalue weighted by Gasteiger charge is 2.25. The minimum atomic E-state index is -0.277. The molecule has 24 heavy (non-hydrogen) atoms. The second-order valence-electron chi connectivity index (χ2n) is 6.56. The minimum absolute atomic E-state index is 0.0982. The summed E-state index contributed by atoms with van der Waals surface area (Å²) in [7, 11) is 1.79. The Hall–Kier alpha value is -1.59. The van der Waals surface area contributed by atoms with E-state index in [-0.39, 0.29) is 18.1 Å². The van der Waals surface area contributed by atoms with Crippen LogP contribution < -0.4 is 5.32 Å². The van der Waals surface area contributed by atoms with Crippen molar-refractivity contribution in [2.45, 2.75) is 51.9 Å². The van der Waals surface area contributed by atoms with Gasteiger partial charge in [0.05, 0.1) is 12.7 Å². The minimum Gasteiger partial charge on any atom is -0.393 e. The molecule has 0 aromatic heterocycles. The third kappa shape index (κ3) is 5.49. The second kappa shape index (κ2) is 9.64. The summed E-state index contributed by atoms with van der Waals surface area (Å²) in [4.78, 5) is 14.0. The van der Waals surface area contributed by atoms with E-state index in [9.17, 15) is 9.90 Å². The Morgan fingerprint density at radius 2 is 2.00 bits per heavy atom. The normalized spacial score (nSPS) is 20.6. The third-order valence-corrected chi connectivity index (χ3v) is 4.73. The molecule has 5 nitrogen and oxygen atoms in total. The molecule has 0 saturated heterocycles. The number of rotatable bonds is 7. The van der Waals surface area contributed by atoms with Crippen LogP contribution in [-0.4, -0.2) is 42.3 Å². The number of nitrogens with one attached hydrogen (secondary N) is 1. The van der Waals surface area contributed by atoms with Crippen molar-refractivity contribution >= 4 is 6.03 Å². The highest BCUT2D eigenvalue weighted by Crippen LogP contribution is 2.24. The molecular formula is C19H30N2O3. The Labute approximate surface area is 145 Å². The lowest BCUT2D eigenvalue weighted by Gasteiger charge is -2.31. The van der Waals surface area contributed by atoms with Crippen molar-refractivity contribution < 1.29 is 14.6 Å². The van der Waals surface area contributed by atoms with Crippen molar-refractivity contribution in [3.63, 3.8) is 0 Å². The summed E-state index contributed by atoms with van der Waals surface area (Å²) in [5.41, 5.74) is 2.18. The molecule has 5 heteroatoms. The Kier molecular flexibility index (Phi) is 7.53. The standard InChI is InChI=1S/C19H30N2O3/c1-3-24-14-17-10-5-4-8-15(17)12-20-19(23)21(2)13-16-9-6-7-11-18(16)22/h4-5,8,10,16,18,22H,3,6-7,9,11-14H2,1-2H3,(H,20,23). The first kappa shape index (κ1) is 18.7. The van der Waals surface area contributed by atoms with Crippen molar-refractivity contribution in [1.29, 1.82) is 0 Å². The fraction of sp³-hybridized carbons (Fsp3) is 0.632. The van der Waals surface area contributed by atoms with Crippen molar-refractivity contribution in [2.24, 2.45) is 5.92 Å². The summed E-state index contributed by atoms with van der Waals surface area (Å²) in [6.07, 6.45) is 3.80. The number of hydrogen-bond donors (Lipinski definition) is 2. The molecule has 1 aromatic carbocycles. The zero-order valence-corrected chi connectivity index (χ0v) is 14.8. The van der Waals surface area contributed by atoms with Crippen LogP contribution in [0, 0.1) is 5.92 Å². The number of carbonyl (C=O) groups excluding carboxylic acids is 1. The lowest BCUT2D eigenvalue weighted by Crippen LogP contribution is -2.42. The lowest BCUT2D eigenvalue weighted by molar-refractivity contribution is 0.0564. The van der Waals surface area contributed by atoms with E-state index in [1.807, 2.05) is 31.2 Å². The number of amides is 2. The number of urea groups is 1. The number of ether oxygens (including phenoxy) is 1. The topological polar surface area (TPSA) is 61.8 Å². The Morgan fingerprint density at radius 1 is 1.29 bits per heavy atom. The smallest absolute Gasteiger partial charge is 0.317 e. The number of nitrogens with zero attached hydrogens (tertiary/aromatic N) is 1. The molecule has 0 aliphatic heterocycles. The van der Waals surface area contributed by atoms with Gasteiger partial charge in [-0.25, -0.2) is 4.79 Å². The van der Waals surface area contributed by atoms with Crippen LogP contribution in [0.3, 0.4) is 0 Å². The fourth-order valence-corrected chi connectivity index (χ4v) is 3.22. The fourth-order valence-electron chi connectivity index (χ4n) is 3.22. The van der Waals surface area contributed by atoms with Gasteiger partial charge in [0, 0.05) is 32.7 Å². The van der Waals surface area contributed by atoms with Crippen LogP contribution in [-0.2, 0) is 17.9 Å². The average Bonchev–Trinajstić information content (AvgIpc) is 2.60. The highest BCUT2D eigenvalue weighted by atomic mass is 16.5. The summed E-state index contributed by atoms with van der Waals surface area (Å²) >= 11 is 0. The number of aliphatic hydroxyl groups is 1. The van der Waals surface area contributed by atoms with Crippen LogP contribution in [0.15, 0.2) is 24.3 Å². The van der Waals surface area contributed by atoms with Gasteiger partial charge in [0.15, 0.2) is 0 Å². The van der Waals surface area contributed by atoms with Crippen molar-refractivity contribution in [2.75, 3.05) is 20.2 Å². The van der Waals surface area contributed by atoms with Gasteiger partial charge < -0.3 is 20.1 Å². The van der Waals surface area contributed by atoms with E-state index >= 15 is 0 Å². The van der Waals surface area contributed by atoms with Gasteiger partial charge in [-0.15, -0.1) is 0 Å². The van der Waals surface area contributed by atoms with E-state index in [0.717, 1.165) is 36.8 Å². The molecule has 1 fully saturated rings. The Bertz CT molecular complexity index is 521. The first-order valence-electron chi connectivity index (χ1n) is 8.93. The van der Waals surface area contributed by atoms with Gasteiger partial charge in [0.1, 0.15) is 0 Å². The van der Waals surface area contributed by atoms with Gasteiger partial charge in [-0.1, -0.05) is 37.1 Å². The van der Waals surface area contributed by atoms with Crippen LogP contribution in [0.25, 0.3) is 0 Å². The molecule has 134 valence electrons. The zero-order valence-electron chi connectivity index (χ0n) is 14.8. The maximum Gasteiger partial charge on any atom is 0.317 e. The lowest BCUT2D eigenvalue weighted by atomic mass is 9.86. The first-order valence-corrected chi connectivity index (χ1v) is 8.93. The molecule has 2 amide bonds. The largest absolute Gasteiger partial charge is 0.393 e. The van der Waals surface area contributed by atoms with E-state index in [1.54, 1.807) is 11.9 Å². The second-order valence-corrected chi connectivity index (χ2v) is 6.56. The van der Waals surface area contributed by atoms with Gasteiger partial charge in [0.25, 0.3) is 0 Å². The highest BCUT2D eigenvalue weighted by molar-refractivity contribution is 5.73. The van der Waals surface area contributed by atoms with Crippen LogP contribution >= 0.6 is 0 Å². The van der Waals surface area contributed by atoms with Crippen molar-refractivity contribution in [3.8, 4) is 0 Å². The molecule has 1 aliphatic rings. The average molecular weight is 334 g/mol. The van der Waals surface area contributed by atoms with E-state index in [1.165, 1.54) is 0 Å². The Balaban J connectivity index is 1.83. The summed E-state index contributed by atoms with van der Waals surface area (Å²) in [5.74, 6) is 0.194. The molecule has 2 unspecified atom stereocenters. The van der Waals surface area contributed by atoms with Crippen LogP contribution in [0.4, 0.5) is 4.79 Å². The van der Waals surface area contributed by atoms with Crippen LogP contribution in [0.5, 0.6) is 0 Å². The van der Waals surface area contributed by atoms with E-state index < -0.39 is 0 Å². The van der Waals surface area contributed by atoms with E-state index in [0.29, 0.717) is 26.3 Å². The maximum atomic E-state index is 12.3. The maximum absolute atomic E-state index is 12.3. The van der Waals surface area contributed by atoms with Crippen LogP contribution in [0.2, 0.25) is 0 Å². The molecule has 0 spiro atoms. The molecule has 0 radical (unpaired) electrons. The van der Waals surface area contributed by atoms with Gasteiger partial charge in [-0.3, -0.25) is 0 Å². The number of benzene rings is 1. The quantitative estimate of drug-likeness (QED) is 0.806. The zero-order chi connectivity index (χ0) is 17.4. The molecule has 1 saturated carbocycles. The Morgan fingerprint density at radius 3 is 2.71 bits per heavy atom. The number of carbonyl (C=O) groups is 1. The molecular weight excluding hydrogens is 304 g/mol. The number of aliphatic hydroxyl groups excluding tert-OH is 1. The van der Waals surface area contributed by atoms with Gasteiger partial charge in [-0.2, -0.15) is 0 Å². The third-order valence-electron chi connectivity index (χ3n) is 4.73. The van der Waals surface area contributed by atoms with E-state index in [4.69, 9.17) is 4.74 Å². The summed E-state index contributed by atoms with van der Waals surface area (Å²) in [5, 5.41) is 13.0. The number of hydrogen-bond acceptors (Lipinski definition) is 3. The SMILES string of the molecule is CCOCc1ccccc1CNC(=O)N(C)CC1CCCCC1O. The molecule has 2 atom stereocenters. The first-order chi connectivity index (χ1) is 11.6. The summed E-state index contributed by atoms with van der Waals surface area (Å²) in [6, 6.07) is 7.90. The molecule has 1 aliphatic carbocycles. The predicted octanol–water partition coefficient (Wildman–Crippen LogP) is 2.92. The van der Waals surface area contributed by atoms with Gasteiger partial charge >= 0.3 is 6.03 Å². The monoisotopic (exact) mass is 334 g/mol. The van der Waals surface area contributed by atoms with Crippen molar-refractivity contribution in [1.82, 2.24) is 10.2 Å². The summed E-state index contributed by atoms with van der Waals surface area (Å²) < 4.78 is 5.48. The molecule has 0 heterocycles. The molecule has 0 bridgehead atoms. The van der Waals surface area contributed by atoms with Gasteiger partial charge in [-0.05, 0) is 30.9 Å². The van der Waals surface area contributed by atoms with Crippen LogP contribution in [0.1, 0.15) is 43.7 Å². The van der Waals surface area contributed by atoms with Crippen molar-refractivity contribution in [3.05, 3.63) is 35.4 Å². The molecule has 2 N–H and O–H groups in total.